The molecule has 284 valence electrons. The van der Waals surface area contributed by atoms with E-state index >= 15 is 0 Å². The van der Waals surface area contributed by atoms with Gasteiger partial charge in [0.1, 0.15) is 0 Å². The molecule has 5 heteroatoms. The van der Waals surface area contributed by atoms with Crippen LogP contribution in [0.4, 0.5) is 0 Å². The number of para-hydroxylation sites is 2. The number of nitrogens with zero attached hydrogens (tertiary/aromatic N) is 5. The fourth-order valence-electron chi connectivity index (χ4n) is 8.95. The number of hydrogen-bond acceptors (Lipinski definition) is 4. The van der Waals surface area contributed by atoms with Crippen molar-refractivity contribution in [3.8, 4) is 62.2 Å². The number of aromatic nitrogens is 5. The highest BCUT2D eigenvalue weighted by atomic mass is 15.0. The zero-order valence-electron chi connectivity index (χ0n) is 32.9. The van der Waals surface area contributed by atoms with Gasteiger partial charge >= 0.3 is 0 Å². The molecule has 0 aliphatic rings. The number of pyridine rings is 1. The van der Waals surface area contributed by atoms with Gasteiger partial charge in [-0.3, -0.25) is 0 Å². The average molecular weight is 778 g/mol. The highest BCUT2D eigenvalue weighted by molar-refractivity contribution is 6.25. The third-order valence-corrected chi connectivity index (χ3v) is 11.8. The van der Waals surface area contributed by atoms with Crippen molar-refractivity contribution in [2.24, 2.45) is 0 Å². The lowest BCUT2D eigenvalue weighted by Gasteiger charge is -2.14. The van der Waals surface area contributed by atoms with Gasteiger partial charge < -0.3 is 4.57 Å². The van der Waals surface area contributed by atoms with Gasteiger partial charge in [-0.1, -0.05) is 170 Å². The predicted molar refractivity (Wildman–Crippen MR) is 252 cm³/mol. The van der Waals surface area contributed by atoms with E-state index in [1.54, 1.807) is 0 Å². The van der Waals surface area contributed by atoms with E-state index in [1.807, 2.05) is 36.4 Å². The van der Waals surface area contributed by atoms with Gasteiger partial charge in [-0.05, 0) is 75.1 Å². The van der Waals surface area contributed by atoms with Gasteiger partial charge in [-0.15, -0.1) is 0 Å². The molecule has 3 aromatic heterocycles. The molecule has 0 bridgehead atoms. The molecule has 12 rings (SSSR count). The van der Waals surface area contributed by atoms with E-state index < -0.39 is 0 Å². The van der Waals surface area contributed by atoms with Gasteiger partial charge in [0.05, 0.1) is 22.2 Å². The lowest BCUT2D eigenvalue weighted by molar-refractivity contribution is 1.07. The highest BCUT2D eigenvalue weighted by Gasteiger charge is 2.22. The molecule has 0 unspecified atom stereocenters. The lowest BCUT2D eigenvalue weighted by atomic mass is 9.93. The van der Waals surface area contributed by atoms with Crippen LogP contribution < -0.4 is 0 Å². The molecule has 61 heavy (non-hydrogen) atoms. The summed E-state index contributed by atoms with van der Waals surface area (Å²) in [7, 11) is 0. The first kappa shape index (κ1) is 34.7. The minimum Gasteiger partial charge on any atom is -0.308 e. The van der Waals surface area contributed by atoms with Crippen molar-refractivity contribution < 1.29 is 0 Å². The summed E-state index contributed by atoms with van der Waals surface area (Å²) in [6.45, 7) is 0. The van der Waals surface area contributed by atoms with Crippen LogP contribution in [-0.2, 0) is 0 Å². The molecule has 0 amide bonds. The van der Waals surface area contributed by atoms with Crippen LogP contribution >= 0.6 is 0 Å². The Bertz CT molecular complexity index is 3610. The molecule has 0 saturated heterocycles. The molecule has 0 spiro atoms. The molecule has 0 radical (unpaired) electrons. The van der Waals surface area contributed by atoms with E-state index in [0.29, 0.717) is 17.5 Å². The zero-order chi connectivity index (χ0) is 40.3. The fraction of sp³-hybridized carbons (Fsp3) is 0. The van der Waals surface area contributed by atoms with Crippen LogP contribution in [0, 0.1) is 0 Å². The molecule has 0 saturated carbocycles. The summed E-state index contributed by atoms with van der Waals surface area (Å²) in [5.74, 6) is 1.87. The number of hydrogen-bond donors (Lipinski definition) is 0. The monoisotopic (exact) mass is 777 g/mol. The van der Waals surface area contributed by atoms with Gasteiger partial charge in [0.2, 0.25) is 0 Å². The minimum atomic E-state index is 0.616. The van der Waals surface area contributed by atoms with Crippen molar-refractivity contribution in [3.63, 3.8) is 0 Å². The first-order valence-corrected chi connectivity index (χ1v) is 20.6. The second-order valence-corrected chi connectivity index (χ2v) is 15.4. The van der Waals surface area contributed by atoms with E-state index in [-0.39, 0.29) is 0 Å². The lowest BCUT2D eigenvalue weighted by Crippen LogP contribution is -2.01. The highest BCUT2D eigenvalue weighted by Crippen LogP contribution is 2.44. The molecule has 3 heterocycles. The predicted octanol–water partition coefficient (Wildman–Crippen LogP) is 14.2. The van der Waals surface area contributed by atoms with E-state index in [2.05, 4.69) is 180 Å². The van der Waals surface area contributed by atoms with E-state index in [1.165, 1.54) is 27.1 Å². The van der Waals surface area contributed by atoms with Crippen LogP contribution in [0.3, 0.4) is 0 Å². The normalized spacial score (nSPS) is 11.6. The molecule has 0 fully saturated rings. The molecule has 0 atom stereocenters. The molecule has 0 aliphatic carbocycles. The average Bonchev–Trinajstić information content (AvgIpc) is 3.70. The largest absolute Gasteiger partial charge is 0.308 e. The van der Waals surface area contributed by atoms with Crippen LogP contribution in [0.5, 0.6) is 0 Å². The minimum absolute atomic E-state index is 0.616. The van der Waals surface area contributed by atoms with Crippen LogP contribution in [-0.4, -0.2) is 24.5 Å². The Labute approximate surface area is 351 Å². The maximum Gasteiger partial charge on any atom is 0.164 e. The van der Waals surface area contributed by atoms with Crippen molar-refractivity contribution in [1.29, 1.82) is 0 Å². The Hall–Kier alpha value is -8.28. The maximum atomic E-state index is 5.49. The molecule has 9 aromatic carbocycles. The second kappa shape index (κ2) is 14.2. The summed E-state index contributed by atoms with van der Waals surface area (Å²) in [6.07, 6.45) is 0. The second-order valence-electron chi connectivity index (χ2n) is 15.4. The molecular formula is C56H35N5. The standard InChI is InChI=1S/C56H35N5/c1-3-15-36(16-4-1)37-27-29-39(30-28-37)55-58-54(38-17-5-2-6-18-38)59-56(60-55)40-31-33-42(34-32-40)61-50-26-14-12-24-47(50)51-52(57-49-25-13-11-23-46(49)53(51)61)48-35-41-19-7-8-20-43(41)44-21-9-10-22-45(44)48/h1-35H. The molecule has 0 aliphatic heterocycles. The summed E-state index contributed by atoms with van der Waals surface area (Å²) in [4.78, 5) is 20.6. The maximum absolute atomic E-state index is 5.49. The van der Waals surface area contributed by atoms with Crippen LogP contribution in [0.1, 0.15) is 0 Å². The Morgan fingerprint density at radius 2 is 0.803 bits per heavy atom. The van der Waals surface area contributed by atoms with Crippen molar-refractivity contribution in [1.82, 2.24) is 24.5 Å². The third kappa shape index (κ3) is 5.86. The van der Waals surface area contributed by atoms with Gasteiger partial charge in [-0.2, -0.15) is 0 Å². The Kier molecular flexibility index (Phi) is 8.10. The summed E-state index contributed by atoms with van der Waals surface area (Å²) >= 11 is 0. The summed E-state index contributed by atoms with van der Waals surface area (Å²) < 4.78 is 2.40. The molecule has 0 N–H and O–H groups in total. The van der Waals surface area contributed by atoms with Gasteiger partial charge in [0.25, 0.3) is 0 Å². The van der Waals surface area contributed by atoms with E-state index in [0.717, 1.165) is 71.9 Å². The van der Waals surface area contributed by atoms with Crippen molar-refractivity contribution >= 4 is 54.3 Å². The fourth-order valence-corrected chi connectivity index (χ4v) is 8.95. The molecular weight excluding hydrogens is 743 g/mol. The first-order valence-electron chi connectivity index (χ1n) is 20.6. The summed E-state index contributed by atoms with van der Waals surface area (Å²) in [6, 6.07) is 74.5. The van der Waals surface area contributed by atoms with E-state index in [4.69, 9.17) is 19.9 Å². The van der Waals surface area contributed by atoms with Crippen LogP contribution in [0.25, 0.3) is 116 Å². The van der Waals surface area contributed by atoms with Gasteiger partial charge in [-0.25, -0.2) is 19.9 Å². The first-order chi connectivity index (χ1) is 30.2. The number of benzene rings is 9. The van der Waals surface area contributed by atoms with Crippen LogP contribution in [0.2, 0.25) is 0 Å². The topological polar surface area (TPSA) is 56.5 Å². The number of fused-ring (bicyclic) bond motifs is 8. The van der Waals surface area contributed by atoms with Crippen LogP contribution in [0.15, 0.2) is 212 Å². The zero-order valence-corrected chi connectivity index (χ0v) is 32.9. The third-order valence-electron chi connectivity index (χ3n) is 11.8. The van der Waals surface area contributed by atoms with Crippen molar-refractivity contribution in [2.45, 2.75) is 0 Å². The van der Waals surface area contributed by atoms with Crippen molar-refractivity contribution in [2.75, 3.05) is 0 Å². The Morgan fingerprint density at radius 1 is 0.328 bits per heavy atom. The summed E-state index contributed by atoms with van der Waals surface area (Å²) in [5.41, 5.74) is 11.4. The number of rotatable bonds is 6. The molecule has 5 nitrogen and oxygen atoms in total. The smallest absolute Gasteiger partial charge is 0.164 e. The quantitative estimate of drug-likeness (QED) is 0.158. The Morgan fingerprint density at radius 3 is 1.49 bits per heavy atom. The van der Waals surface area contributed by atoms with Crippen molar-refractivity contribution in [3.05, 3.63) is 212 Å². The van der Waals surface area contributed by atoms with E-state index in [9.17, 15) is 0 Å². The van der Waals surface area contributed by atoms with Gasteiger partial charge in [0, 0.05) is 44.1 Å². The molecule has 12 aromatic rings. The van der Waals surface area contributed by atoms with Gasteiger partial charge in [0.15, 0.2) is 17.5 Å². The SMILES string of the molecule is c1ccc(-c2ccc(-c3nc(-c4ccccc4)nc(-c4ccc(-n5c6ccccc6c6c(-c7cc8ccccc8c8ccccc78)nc7ccccc7c65)cc4)n3)cc2)cc1. The Balaban J connectivity index is 1.04. The summed E-state index contributed by atoms with van der Waals surface area (Å²) in [5, 5.41) is 8.22.